The van der Waals surface area contributed by atoms with E-state index in [0.717, 1.165) is 0 Å². The van der Waals surface area contributed by atoms with Gasteiger partial charge < -0.3 is 14.8 Å². The number of hydrogen-bond donors (Lipinski definition) is 1. The van der Waals surface area contributed by atoms with Crippen LogP contribution in [0.1, 0.15) is 28.8 Å². The lowest BCUT2D eigenvalue weighted by Gasteiger charge is -2.24. The number of aryl methyl sites for hydroxylation is 1. The summed E-state index contributed by atoms with van der Waals surface area (Å²) in [7, 11) is -1.20. The number of benzene rings is 2. The van der Waals surface area contributed by atoms with Gasteiger partial charge in [0, 0.05) is 12.6 Å². The standard InChI is InChI=1S/C21H24N2O6S/c1-14-10-11-15(28-2)13-19(14)30(26,27)23-12-6-9-18(23)20(24)22-17-8-5-4-7-16(17)21(25)29-3/h4-5,7-8,10-11,13,18H,6,9,12H2,1-3H3,(H,22,24)/t18-/m0/s1. The topological polar surface area (TPSA) is 102 Å². The van der Waals surface area contributed by atoms with Gasteiger partial charge in [-0.1, -0.05) is 18.2 Å². The highest BCUT2D eigenvalue weighted by molar-refractivity contribution is 7.89. The summed E-state index contributed by atoms with van der Waals surface area (Å²) in [6.07, 6.45) is 0.938. The van der Waals surface area contributed by atoms with Gasteiger partial charge in [0.05, 0.1) is 30.4 Å². The number of esters is 1. The van der Waals surface area contributed by atoms with Crippen LogP contribution in [0.5, 0.6) is 5.75 Å². The van der Waals surface area contributed by atoms with Crippen molar-refractivity contribution in [3.05, 3.63) is 53.6 Å². The number of hydrogen-bond acceptors (Lipinski definition) is 6. The maximum atomic E-state index is 13.3. The molecule has 0 unspecified atom stereocenters. The lowest BCUT2D eigenvalue weighted by atomic mass is 10.1. The molecule has 3 rings (SSSR count). The van der Waals surface area contributed by atoms with Gasteiger partial charge in [-0.2, -0.15) is 4.31 Å². The summed E-state index contributed by atoms with van der Waals surface area (Å²) in [5.41, 5.74) is 1.04. The van der Waals surface area contributed by atoms with Gasteiger partial charge in [-0.25, -0.2) is 13.2 Å². The second kappa shape index (κ2) is 8.85. The Morgan fingerprint density at radius 2 is 1.87 bits per heavy atom. The van der Waals surface area contributed by atoms with Gasteiger partial charge in [-0.3, -0.25) is 4.79 Å². The lowest BCUT2D eigenvalue weighted by molar-refractivity contribution is -0.119. The van der Waals surface area contributed by atoms with Crippen LogP contribution in [0, 0.1) is 6.92 Å². The fourth-order valence-corrected chi connectivity index (χ4v) is 5.40. The van der Waals surface area contributed by atoms with Crippen molar-refractivity contribution in [2.75, 3.05) is 26.1 Å². The largest absolute Gasteiger partial charge is 0.497 e. The second-order valence-electron chi connectivity index (χ2n) is 6.93. The Morgan fingerprint density at radius 1 is 1.13 bits per heavy atom. The third-order valence-electron chi connectivity index (χ3n) is 5.08. The molecule has 2 aromatic rings. The lowest BCUT2D eigenvalue weighted by Crippen LogP contribution is -2.43. The molecule has 30 heavy (non-hydrogen) atoms. The summed E-state index contributed by atoms with van der Waals surface area (Å²) >= 11 is 0. The molecule has 0 aromatic heterocycles. The minimum Gasteiger partial charge on any atom is -0.497 e. The zero-order chi connectivity index (χ0) is 21.9. The molecule has 1 fully saturated rings. The summed E-state index contributed by atoms with van der Waals surface area (Å²) in [4.78, 5) is 25.0. The van der Waals surface area contributed by atoms with E-state index in [1.54, 1.807) is 37.3 Å². The van der Waals surface area contributed by atoms with Gasteiger partial charge in [0.25, 0.3) is 0 Å². The van der Waals surface area contributed by atoms with Crippen LogP contribution in [0.25, 0.3) is 0 Å². The molecular formula is C21H24N2O6S. The predicted molar refractivity (Wildman–Crippen MR) is 111 cm³/mol. The van der Waals surface area contributed by atoms with Gasteiger partial charge in [-0.05, 0) is 43.5 Å². The quantitative estimate of drug-likeness (QED) is 0.704. The van der Waals surface area contributed by atoms with Gasteiger partial charge in [0.15, 0.2) is 0 Å². The molecule has 1 aliphatic rings. The third-order valence-corrected chi connectivity index (χ3v) is 7.13. The Labute approximate surface area is 175 Å². The zero-order valence-electron chi connectivity index (χ0n) is 17.0. The van der Waals surface area contributed by atoms with Crippen molar-refractivity contribution in [1.29, 1.82) is 0 Å². The van der Waals surface area contributed by atoms with E-state index in [1.807, 2.05) is 0 Å². The van der Waals surface area contributed by atoms with Crippen LogP contribution in [0.15, 0.2) is 47.4 Å². The number of para-hydroxylation sites is 1. The molecule has 1 amide bonds. The summed E-state index contributed by atoms with van der Waals surface area (Å²) in [5.74, 6) is -0.659. The number of nitrogens with zero attached hydrogens (tertiary/aromatic N) is 1. The molecule has 1 heterocycles. The minimum absolute atomic E-state index is 0.108. The smallest absolute Gasteiger partial charge is 0.339 e. The van der Waals surface area contributed by atoms with Gasteiger partial charge >= 0.3 is 5.97 Å². The van der Waals surface area contributed by atoms with E-state index in [1.165, 1.54) is 30.7 Å². The number of carbonyl (C=O) groups is 2. The normalized spacial score (nSPS) is 16.8. The van der Waals surface area contributed by atoms with Gasteiger partial charge in [0.1, 0.15) is 11.8 Å². The van der Waals surface area contributed by atoms with E-state index >= 15 is 0 Å². The van der Waals surface area contributed by atoms with Crippen molar-refractivity contribution in [2.24, 2.45) is 0 Å². The van der Waals surface area contributed by atoms with Crippen LogP contribution < -0.4 is 10.1 Å². The molecule has 0 saturated carbocycles. The summed E-state index contributed by atoms with van der Waals surface area (Å²) in [5, 5.41) is 2.69. The number of sulfonamides is 1. The average molecular weight is 432 g/mol. The van der Waals surface area contributed by atoms with Crippen LogP contribution in [0.2, 0.25) is 0 Å². The maximum Gasteiger partial charge on any atom is 0.339 e. The SMILES string of the molecule is COC(=O)c1ccccc1NC(=O)[C@@H]1CCCN1S(=O)(=O)c1cc(OC)ccc1C. The van der Waals surface area contributed by atoms with Crippen LogP contribution >= 0.6 is 0 Å². The average Bonchev–Trinajstić information content (AvgIpc) is 3.25. The van der Waals surface area contributed by atoms with E-state index in [2.05, 4.69) is 5.32 Å². The molecule has 8 nitrogen and oxygen atoms in total. The Hall–Kier alpha value is -2.91. The molecule has 0 bridgehead atoms. The molecule has 160 valence electrons. The van der Waals surface area contributed by atoms with E-state index in [0.29, 0.717) is 24.2 Å². The number of amides is 1. The highest BCUT2D eigenvalue weighted by Gasteiger charge is 2.40. The van der Waals surface area contributed by atoms with Crippen molar-refractivity contribution in [3.63, 3.8) is 0 Å². The van der Waals surface area contributed by atoms with Crippen molar-refractivity contribution in [3.8, 4) is 5.75 Å². The van der Waals surface area contributed by atoms with E-state index in [-0.39, 0.29) is 22.7 Å². The molecular weight excluding hydrogens is 408 g/mol. The Kier molecular flexibility index (Phi) is 6.42. The van der Waals surface area contributed by atoms with Crippen molar-refractivity contribution in [1.82, 2.24) is 4.31 Å². The summed E-state index contributed by atoms with van der Waals surface area (Å²) < 4.78 is 37.8. The first-order valence-electron chi connectivity index (χ1n) is 9.44. The highest BCUT2D eigenvalue weighted by Crippen LogP contribution is 2.31. The molecule has 2 aromatic carbocycles. The molecule has 1 atom stereocenters. The van der Waals surface area contributed by atoms with Gasteiger partial charge in [0.2, 0.25) is 15.9 Å². The van der Waals surface area contributed by atoms with Crippen LogP contribution in [-0.4, -0.2) is 51.4 Å². The second-order valence-corrected chi connectivity index (χ2v) is 8.79. The van der Waals surface area contributed by atoms with E-state index in [4.69, 9.17) is 9.47 Å². The van der Waals surface area contributed by atoms with Crippen LogP contribution in [-0.2, 0) is 19.6 Å². The number of nitrogens with one attached hydrogen (secondary N) is 1. The zero-order valence-corrected chi connectivity index (χ0v) is 17.9. The molecule has 1 aliphatic heterocycles. The number of carbonyl (C=O) groups excluding carboxylic acids is 2. The van der Waals surface area contributed by atoms with E-state index in [9.17, 15) is 18.0 Å². The molecule has 1 saturated heterocycles. The van der Waals surface area contributed by atoms with Gasteiger partial charge in [-0.15, -0.1) is 0 Å². The maximum absolute atomic E-state index is 13.3. The predicted octanol–water partition coefficient (Wildman–Crippen LogP) is 2.58. The van der Waals surface area contributed by atoms with Crippen molar-refractivity contribution >= 4 is 27.6 Å². The first-order chi connectivity index (χ1) is 14.3. The Bertz CT molecular complexity index is 1070. The van der Waals surface area contributed by atoms with Crippen molar-refractivity contribution < 1.29 is 27.5 Å². The fraction of sp³-hybridized carbons (Fsp3) is 0.333. The molecule has 9 heteroatoms. The number of ether oxygens (including phenoxy) is 2. The molecule has 0 aliphatic carbocycles. The molecule has 1 N–H and O–H groups in total. The number of anilines is 1. The first kappa shape index (κ1) is 21.8. The third kappa shape index (κ3) is 4.17. The molecule has 0 spiro atoms. The summed E-state index contributed by atoms with van der Waals surface area (Å²) in [6, 6.07) is 10.4. The molecule has 0 radical (unpaired) electrons. The Balaban J connectivity index is 1.89. The number of rotatable bonds is 6. The van der Waals surface area contributed by atoms with Crippen LogP contribution in [0.3, 0.4) is 0 Å². The van der Waals surface area contributed by atoms with E-state index < -0.39 is 27.9 Å². The Morgan fingerprint density at radius 3 is 2.57 bits per heavy atom. The fourth-order valence-electron chi connectivity index (χ4n) is 3.50. The minimum atomic E-state index is -3.92. The summed E-state index contributed by atoms with van der Waals surface area (Å²) in [6.45, 7) is 1.93. The van der Waals surface area contributed by atoms with Crippen molar-refractivity contribution in [2.45, 2.75) is 30.7 Å². The number of methoxy groups -OCH3 is 2. The first-order valence-corrected chi connectivity index (χ1v) is 10.9. The monoisotopic (exact) mass is 432 g/mol. The highest BCUT2D eigenvalue weighted by atomic mass is 32.2. The van der Waals surface area contributed by atoms with Crippen LogP contribution in [0.4, 0.5) is 5.69 Å².